The molecule has 1 N–H and O–H groups in total. The fourth-order valence-electron chi connectivity index (χ4n) is 6.26. The third kappa shape index (κ3) is 4.88. The van der Waals surface area contributed by atoms with Crippen LogP contribution >= 0.6 is 26.0 Å². The van der Waals surface area contributed by atoms with Gasteiger partial charge in [-0.15, -0.1) is 0 Å². The Bertz CT molecular complexity index is 1110. The number of piperazine rings is 1. The van der Waals surface area contributed by atoms with Crippen LogP contribution in [0.3, 0.4) is 0 Å². The molecule has 1 fully saturated rings. The van der Waals surface area contributed by atoms with Crippen LogP contribution in [0.15, 0.2) is 28.7 Å². The van der Waals surface area contributed by atoms with Gasteiger partial charge in [0.25, 0.3) is 0 Å². The van der Waals surface area contributed by atoms with Crippen LogP contribution in [0.25, 0.3) is 0 Å². The van der Waals surface area contributed by atoms with E-state index in [0.29, 0.717) is 10.8 Å². The molecule has 7 heteroatoms. The normalized spacial score (nSPS) is 26.9. The van der Waals surface area contributed by atoms with Crippen molar-refractivity contribution in [2.45, 2.75) is 64.8 Å². The maximum atomic E-state index is 5.34. The van der Waals surface area contributed by atoms with Gasteiger partial charge in [0, 0.05) is 66.4 Å². The van der Waals surface area contributed by atoms with Gasteiger partial charge in [-0.25, -0.2) is 15.0 Å². The van der Waals surface area contributed by atoms with E-state index in [1.165, 1.54) is 44.8 Å². The van der Waals surface area contributed by atoms with Gasteiger partial charge in [-0.2, -0.15) is 0 Å². The summed E-state index contributed by atoms with van der Waals surface area (Å²) in [6.07, 6.45) is 2.33. The highest BCUT2D eigenvalue weighted by Crippen LogP contribution is 2.59. The first-order valence-corrected chi connectivity index (χ1v) is 16.5. The molecule has 2 unspecified atom stereocenters. The van der Waals surface area contributed by atoms with E-state index in [2.05, 4.69) is 102 Å². The van der Waals surface area contributed by atoms with E-state index in [9.17, 15) is 0 Å². The van der Waals surface area contributed by atoms with Gasteiger partial charge in [0.1, 0.15) is 11.6 Å². The minimum Gasteiger partial charge on any atom is -0.369 e. The second-order valence-electron chi connectivity index (χ2n) is 11.9. The smallest absolute Gasteiger partial charge is 0.134 e. The molecule has 2 bridgehead atoms. The van der Waals surface area contributed by atoms with Crippen LogP contribution < -0.4 is 15.1 Å². The molecule has 5 rings (SSSR count). The van der Waals surface area contributed by atoms with Crippen molar-refractivity contribution >= 4 is 43.3 Å². The molecule has 0 aliphatic carbocycles. The van der Waals surface area contributed by atoms with E-state index in [1.807, 2.05) is 0 Å². The standard InChI is InChI=1S/C29H44BrN5S/c1-7-36(29(3,4)5)15-10-25-17-22-8-9-24(30)16-23(22)19-35(25)27-18-26(21(2)28(32-27)31-20-36)34-13-11-33(6)12-14-34/h8-9,16,18,25H,7,10-15,17,19-20H2,1-6H3,(H,31,32). The predicted octanol–water partition coefficient (Wildman–Crippen LogP) is 6.23. The minimum atomic E-state index is -0.884. The Kier molecular flexibility index (Phi) is 7.29. The maximum absolute atomic E-state index is 5.34. The Morgan fingerprint density at radius 3 is 2.56 bits per heavy atom. The molecule has 0 saturated carbocycles. The first kappa shape index (κ1) is 26.2. The fourth-order valence-corrected chi connectivity index (χ4v) is 10.4. The fraction of sp³-hybridized carbons (Fsp3) is 0.621. The molecule has 1 saturated heterocycles. The second-order valence-corrected chi connectivity index (χ2v) is 17.4. The highest BCUT2D eigenvalue weighted by molar-refractivity contribution is 9.10. The summed E-state index contributed by atoms with van der Waals surface area (Å²) >= 11 is 3.72. The Labute approximate surface area is 228 Å². The summed E-state index contributed by atoms with van der Waals surface area (Å²) in [5.41, 5.74) is 5.61. The second kappa shape index (κ2) is 10.0. The number of halogens is 1. The summed E-state index contributed by atoms with van der Waals surface area (Å²) < 4.78 is 1.46. The zero-order chi connectivity index (χ0) is 25.7. The molecule has 198 valence electrons. The molecule has 0 amide bonds. The lowest BCUT2D eigenvalue weighted by molar-refractivity contribution is 0.312. The average molecular weight is 575 g/mol. The Morgan fingerprint density at radius 1 is 1.11 bits per heavy atom. The van der Waals surface area contributed by atoms with Gasteiger partial charge in [0.2, 0.25) is 0 Å². The van der Waals surface area contributed by atoms with Crippen LogP contribution in [-0.2, 0) is 13.0 Å². The molecule has 36 heavy (non-hydrogen) atoms. The van der Waals surface area contributed by atoms with E-state index in [0.717, 1.165) is 56.7 Å². The van der Waals surface area contributed by atoms with E-state index in [-0.39, 0.29) is 0 Å². The maximum Gasteiger partial charge on any atom is 0.134 e. The summed E-state index contributed by atoms with van der Waals surface area (Å²) in [7, 11) is 1.35. The lowest BCUT2D eigenvalue weighted by atomic mass is 9.92. The van der Waals surface area contributed by atoms with Crippen molar-refractivity contribution in [2.75, 3.05) is 65.7 Å². The zero-order valence-electron chi connectivity index (χ0n) is 23.0. The molecular weight excluding hydrogens is 530 g/mol. The SMILES string of the molecule is CCS1(C(C)(C)C)CCC2Cc3ccc(Br)cc3CN2c2cc(N3CCN(C)CC3)c(C)c(n2)NC1. The molecule has 5 nitrogen and oxygen atoms in total. The van der Waals surface area contributed by atoms with Gasteiger partial charge in [-0.3, -0.25) is 0 Å². The molecule has 1 aromatic heterocycles. The number of hydrogen-bond donors (Lipinski definition) is 1. The summed E-state index contributed by atoms with van der Waals surface area (Å²) in [6, 6.07) is 9.75. The van der Waals surface area contributed by atoms with Crippen LogP contribution in [0, 0.1) is 6.92 Å². The number of hydrogen-bond acceptors (Lipinski definition) is 5. The van der Waals surface area contributed by atoms with Crippen molar-refractivity contribution in [2.24, 2.45) is 0 Å². The van der Waals surface area contributed by atoms with Crippen molar-refractivity contribution in [3.8, 4) is 0 Å². The van der Waals surface area contributed by atoms with E-state index in [1.54, 1.807) is 0 Å². The van der Waals surface area contributed by atoms with Crippen molar-refractivity contribution in [1.29, 1.82) is 0 Å². The summed E-state index contributed by atoms with van der Waals surface area (Å²) in [4.78, 5) is 13.0. The summed E-state index contributed by atoms with van der Waals surface area (Å²) in [6.45, 7) is 17.4. The molecule has 4 heterocycles. The quantitative estimate of drug-likeness (QED) is 0.460. The number of aromatic nitrogens is 1. The number of likely N-dealkylation sites (N-methyl/N-ethyl adjacent to an activating group) is 1. The first-order valence-electron chi connectivity index (χ1n) is 13.6. The van der Waals surface area contributed by atoms with Crippen molar-refractivity contribution in [3.63, 3.8) is 0 Å². The Morgan fingerprint density at radius 2 is 1.86 bits per heavy atom. The highest BCUT2D eigenvalue weighted by atomic mass is 79.9. The van der Waals surface area contributed by atoms with Crippen LogP contribution in [0.2, 0.25) is 0 Å². The summed E-state index contributed by atoms with van der Waals surface area (Å²) in [5, 5.41) is 3.94. The molecule has 2 atom stereocenters. The van der Waals surface area contributed by atoms with Crippen LogP contribution in [0.4, 0.5) is 17.3 Å². The van der Waals surface area contributed by atoms with Gasteiger partial charge in [-0.05, 0) is 66.3 Å². The highest BCUT2D eigenvalue weighted by Gasteiger charge is 2.38. The first-order chi connectivity index (χ1) is 17.1. The molecule has 2 aromatic rings. The number of rotatable bonds is 2. The number of fused-ring (bicyclic) bond motifs is 5. The topological polar surface area (TPSA) is 34.6 Å². The number of anilines is 3. The van der Waals surface area contributed by atoms with Gasteiger partial charge >= 0.3 is 0 Å². The largest absolute Gasteiger partial charge is 0.369 e. The van der Waals surface area contributed by atoms with E-state index in [4.69, 9.17) is 4.98 Å². The third-order valence-corrected chi connectivity index (χ3v) is 14.9. The van der Waals surface area contributed by atoms with Crippen molar-refractivity contribution in [1.82, 2.24) is 9.88 Å². The lowest BCUT2D eigenvalue weighted by Crippen LogP contribution is -2.46. The number of nitrogens with zero attached hydrogens (tertiary/aromatic N) is 4. The van der Waals surface area contributed by atoms with Gasteiger partial charge in [0.05, 0.1) is 0 Å². The Balaban J connectivity index is 1.62. The van der Waals surface area contributed by atoms with Crippen molar-refractivity contribution < 1.29 is 0 Å². The number of pyridine rings is 1. The minimum absolute atomic E-state index is 0.294. The predicted molar refractivity (Wildman–Crippen MR) is 162 cm³/mol. The molecule has 3 aliphatic heterocycles. The van der Waals surface area contributed by atoms with E-state index < -0.39 is 10.0 Å². The molecule has 1 aromatic carbocycles. The molecule has 3 aliphatic rings. The molecule has 0 radical (unpaired) electrons. The van der Waals surface area contributed by atoms with Gasteiger partial charge < -0.3 is 20.0 Å². The van der Waals surface area contributed by atoms with Crippen LogP contribution in [-0.4, -0.2) is 71.3 Å². The zero-order valence-corrected chi connectivity index (χ0v) is 25.4. The number of benzene rings is 1. The Hall–Kier alpha value is -1.44. The van der Waals surface area contributed by atoms with Gasteiger partial charge in [-0.1, -0.05) is 49.7 Å². The third-order valence-electron chi connectivity index (χ3n) is 8.98. The molecular formula is C29H44BrN5S. The monoisotopic (exact) mass is 573 g/mol. The number of nitrogens with one attached hydrogen (secondary N) is 1. The van der Waals surface area contributed by atoms with Crippen molar-refractivity contribution in [3.05, 3.63) is 45.4 Å². The average Bonchev–Trinajstić information content (AvgIpc) is 2.84. The lowest BCUT2D eigenvalue weighted by Gasteiger charge is -2.52. The van der Waals surface area contributed by atoms with Crippen LogP contribution in [0.1, 0.15) is 50.8 Å². The molecule has 0 spiro atoms. The van der Waals surface area contributed by atoms with Crippen LogP contribution in [0.5, 0.6) is 0 Å². The summed E-state index contributed by atoms with van der Waals surface area (Å²) in [5.74, 6) is 5.85. The van der Waals surface area contributed by atoms with E-state index >= 15 is 0 Å². The van der Waals surface area contributed by atoms with Gasteiger partial charge in [0.15, 0.2) is 0 Å².